The van der Waals surface area contributed by atoms with E-state index in [9.17, 15) is 20.0 Å². The molecule has 0 aliphatic carbocycles. The van der Waals surface area contributed by atoms with Gasteiger partial charge in [0.2, 0.25) is 0 Å². The quantitative estimate of drug-likeness (QED) is 0.690. The van der Waals surface area contributed by atoms with Crippen molar-refractivity contribution in [3.8, 4) is 11.8 Å². The summed E-state index contributed by atoms with van der Waals surface area (Å²) in [6, 6.07) is 14.6. The number of benzene rings is 2. The number of aromatic nitrogens is 2. The van der Waals surface area contributed by atoms with Crippen LogP contribution in [0.2, 0.25) is 10.0 Å². The first-order valence-electron chi connectivity index (χ1n) is 7.91. The molecule has 0 aliphatic heterocycles. The molecule has 138 valence electrons. The van der Waals surface area contributed by atoms with Gasteiger partial charge in [0.1, 0.15) is 11.6 Å². The summed E-state index contributed by atoms with van der Waals surface area (Å²) in [4.78, 5) is 24.5. The van der Waals surface area contributed by atoms with E-state index in [1.807, 2.05) is 0 Å². The predicted molar refractivity (Wildman–Crippen MR) is 107 cm³/mol. The number of aromatic carboxylic acids is 1. The molecule has 0 amide bonds. The summed E-state index contributed by atoms with van der Waals surface area (Å²) in [5, 5.41) is 24.0. The number of halogens is 2. The number of carboxylic acids is 1. The molecule has 0 saturated carbocycles. The molecular formula is C20H11Cl2N3O3. The minimum absolute atomic E-state index is 0.0693. The lowest BCUT2D eigenvalue weighted by Gasteiger charge is -2.09. The first kappa shape index (κ1) is 19.4. The van der Waals surface area contributed by atoms with Crippen LogP contribution >= 0.6 is 23.2 Å². The molecule has 1 aromatic heterocycles. The molecule has 28 heavy (non-hydrogen) atoms. The molecule has 2 aromatic carbocycles. The molecule has 0 aliphatic rings. The zero-order valence-electron chi connectivity index (χ0n) is 14.1. The average molecular weight is 412 g/mol. The number of hydrogen-bond donors (Lipinski definition) is 1. The monoisotopic (exact) mass is 411 g/mol. The summed E-state index contributed by atoms with van der Waals surface area (Å²) in [7, 11) is 0. The van der Waals surface area contributed by atoms with E-state index < -0.39 is 17.2 Å². The summed E-state index contributed by atoms with van der Waals surface area (Å²) in [5.41, 5.74) is -0.539. The van der Waals surface area contributed by atoms with Gasteiger partial charge in [-0.3, -0.25) is 4.79 Å². The lowest BCUT2D eigenvalue weighted by molar-refractivity contribution is 0.0688. The van der Waals surface area contributed by atoms with Crippen molar-refractivity contribution in [2.24, 2.45) is 0 Å². The Bertz CT molecular complexity index is 1180. The molecule has 8 heteroatoms. The van der Waals surface area contributed by atoms with Crippen LogP contribution in [0, 0.1) is 11.3 Å². The number of rotatable bonds is 4. The van der Waals surface area contributed by atoms with Gasteiger partial charge in [-0.15, -0.1) is 0 Å². The number of hydrogen-bond acceptors (Lipinski definition) is 4. The SMILES string of the molecule is N#Cc1c(/C=C\c2ccc(Cl)cc2)c(C(=O)O)nn(-c2ccc(Cl)cc2)c1=O. The molecule has 3 rings (SSSR count). The van der Waals surface area contributed by atoms with E-state index in [0.717, 1.165) is 4.68 Å². The molecular weight excluding hydrogens is 401 g/mol. The van der Waals surface area contributed by atoms with E-state index in [-0.39, 0.29) is 11.1 Å². The molecule has 6 nitrogen and oxygen atoms in total. The maximum absolute atomic E-state index is 12.7. The predicted octanol–water partition coefficient (Wildman–Crippen LogP) is 4.28. The Kier molecular flexibility index (Phi) is 5.59. The first-order chi connectivity index (χ1) is 13.4. The summed E-state index contributed by atoms with van der Waals surface area (Å²) in [6.07, 6.45) is 2.96. The van der Waals surface area contributed by atoms with Crippen molar-refractivity contribution in [3.63, 3.8) is 0 Å². The molecule has 0 saturated heterocycles. The van der Waals surface area contributed by atoms with Crippen LogP contribution in [0.5, 0.6) is 0 Å². The molecule has 0 radical (unpaired) electrons. The van der Waals surface area contributed by atoms with Crippen LogP contribution in [-0.2, 0) is 0 Å². The number of nitriles is 1. The second kappa shape index (κ2) is 8.09. The van der Waals surface area contributed by atoms with Crippen molar-refractivity contribution >= 4 is 41.3 Å². The lowest BCUT2D eigenvalue weighted by Crippen LogP contribution is -2.28. The summed E-state index contributed by atoms with van der Waals surface area (Å²) < 4.78 is 0.873. The fourth-order valence-electron chi connectivity index (χ4n) is 2.48. The third-order valence-electron chi connectivity index (χ3n) is 3.83. The van der Waals surface area contributed by atoms with Gasteiger partial charge in [-0.25, -0.2) is 4.79 Å². The summed E-state index contributed by atoms with van der Waals surface area (Å²) in [6.45, 7) is 0. The van der Waals surface area contributed by atoms with Gasteiger partial charge in [-0.1, -0.05) is 47.5 Å². The zero-order chi connectivity index (χ0) is 20.3. The molecule has 0 bridgehead atoms. The summed E-state index contributed by atoms with van der Waals surface area (Å²) in [5.74, 6) is -1.37. The van der Waals surface area contributed by atoms with E-state index in [2.05, 4.69) is 5.10 Å². The van der Waals surface area contributed by atoms with Gasteiger partial charge < -0.3 is 5.11 Å². The first-order valence-corrected chi connectivity index (χ1v) is 8.66. The summed E-state index contributed by atoms with van der Waals surface area (Å²) >= 11 is 11.7. The van der Waals surface area contributed by atoms with E-state index in [1.165, 1.54) is 30.3 Å². The van der Waals surface area contributed by atoms with Gasteiger partial charge in [0.25, 0.3) is 5.56 Å². The highest BCUT2D eigenvalue weighted by Gasteiger charge is 2.21. The molecule has 0 spiro atoms. The topological polar surface area (TPSA) is 96.0 Å². The van der Waals surface area contributed by atoms with Crippen molar-refractivity contribution in [2.45, 2.75) is 0 Å². The van der Waals surface area contributed by atoms with Crippen LogP contribution in [0.3, 0.4) is 0 Å². The smallest absolute Gasteiger partial charge is 0.357 e. The Morgan fingerprint density at radius 2 is 1.61 bits per heavy atom. The van der Waals surface area contributed by atoms with Crippen LogP contribution in [0.4, 0.5) is 0 Å². The fraction of sp³-hybridized carbons (Fsp3) is 0. The number of carboxylic acid groups (broad SMARTS) is 1. The van der Waals surface area contributed by atoms with Gasteiger partial charge in [0.05, 0.1) is 5.69 Å². The fourth-order valence-corrected chi connectivity index (χ4v) is 2.73. The molecule has 0 unspecified atom stereocenters. The third kappa shape index (κ3) is 3.96. The van der Waals surface area contributed by atoms with Crippen LogP contribution in [0.1, 0.15) is 27.2 Å². The van der Waals surface area contributed by atoms with Crippen molar-refractivity contribution in [1.29, 1.82) is 5.26 Å². The van der Waals surface area contributed by atoms with E-state index in [1.54, 1.807) is 36.4 Å². The molecule has 1 heterocycles. The zero-order valence-corrected chi connectivity index (χ0v) is 15.6. The largest absolute Gasteiger partial charge is 0.476 e. The second-order valence-electron chi connectivity index (χ2n) is 5.63. The van der Waals surface area contributed by atoms with Gasteiger partial charge in [0, 0.05) is 15.6 Å². The van der Waals surface area contributed by atoms with Crippen LogP contribution in [0.15, 0.2) is 53.3 Å². The standard InChI is InChI=1S/C20H11Cl2N3O3/c21-13-4-1-12(2-5-13)3-10-16-17(11-23)19(26)25(24-18(16)20(27)28)15-8-6-14(22)7-9-15/h1-10H,(H,27,28)/b10-3-. The third-order valence-corrected chi connectivity index (χ3v) is 4.33. The van der Waals surface area contributed by atoms with Crippen molar-refractivity contribution < 1.29 is 9.90 Å². The maximum atomic E-state index is 12.7. The van der Waals surface area contributed by atoms with E-state index >= 15 is 0 Å². The highest BCUT2D eigenvalue weighted by atomic mass is 35.5. The molecule has 1 N–H and O–H groups in total. The van der Waals surface area contributed by atoms with Crippen molar-refractivity contribution in [3.05, 3.63) is 91.3 Å². The second-order valence-corrected chi connectivity index (χ2v) is 6.51. The highest BCUT2D eigenvalue weighted by molar-refractivity contribution is 6.30. The lowest BCUT2D eigenvalue weighted by atomic mass is 10.1. The average Bonchev–Trinajstić information content (AvgIpc) is 2.68. The number of carbonyl (C=O) groups is 1. The van der Waals surface area contributed by atoms with Crippen LogP contribution in [-0.4, -0.2) is 20.9 Å². The molecule has 0 fully saturated rings. The Labute approximate surface area is 169 Å². The Balaban J connectivity index is 2.20. The van der Waals surface area contributed by atoms with Gasteiger partial charge in [-0.05, 0) is 42.0 Å². The molecule has 3 aromatic rings. The molecule has 0 atom stereocenters. The van der Waals surface area contributed by atoms with Gasteiger partial charge >= 0.3 is 5.97 Å². The number of nitrogens with zero attached hydrogens (tertiary/aromatic N) is 3. The maximum Gasteiger partial charge on any atom is 0.357 e. The Morgan fingerprint density at radius 1 is 1.04 bits per heavy atom. The normalized spacial score (nSPS) is 10.8. The van der Waals surface area contributed by atoms with Gasteiger partial charge in [0.15, 0.2) is 5.69 Å². The van der Waals surface area contributed by atoms with Crippen molar-refractivity contribution in [1.82, 2.24) is 9.78 Å². The minimum Gasteiger partial charge on any atom is -0.476 e. The van der Waals surface area contributed by atoms with Crippen LogP contribution in [0.25, 0.3) is 17.8 Å². The van der Waals surface area contributed by atoms with Gasteiger partial charge in [-0.2, -0.15) is 15.0 Å². The van der Waals surface area contributed by atoms with Crippen LogP contribution < -0.4 is 5.56 Å². The minimum atomic E-state index is -1.37. The highest BCUT2D eigenvalue weighted by Crippen LogP contribution is 2.18. The van der Waals surface area contributed by atoms with E-state index in [4.69, 9.17) is 23.2 Å². The van der Waals surface area contributed by atoms with Crippen molar-refractivity contribution in [2.75, 3.05) is 0 Å². The Morgan fingerprint density at radius 3 is 2.14 bits per heavy atom. The van der Waals surface area contributed by atoms with E-state index in [0.29, 0.717) is 21.3 Å². The Hall–Kier alpha value is -3.40.